The molecule has 23 heavy (non-hydrogen) atoms. The van der Waals surface area contributed by atoms with E-state index >= 15 is 0 Å². The number of nitrogens with one attached hydrogen (secondary N) is 2. The Morgan fingerprint density at radius 3 is 2.65 bits per heavy atom. The number of anilines is 2. The molecule has 0 unspecified atom stereocenters. The predicted molar refractivity (Wildman–Crippen MR) is 88.9 cm³/mol. The van der Waals surface area contributed by atoms with E-state index in [2.05, 4.69) is 10.6 Å². The number of hydrogen-bond acceptors (Lipinski definition) is 5. The fourth-order valence-corrected chi connectivity index (χ4v) is 1.92. The average molecular weight is 318 g/mol. The number of methoxy groups -OCH3 is 1. The maximum atomic E-state index is 11.8. The first-order valence-electron chi connectivity index (χ1n) is 7.30. The van der Waals surface area contributed by atoms with Crippen LogP contribution in [0.2, 0.25) is 0 Å². The standard InChI is InChI=1S/C17H22N2O4/c1-17(2,3)23-16(20)19-14-6-5-13(9-15(14)21-4)18-10-12-7-8-22-11-12/h5-9,11,18H,10H2,1-4H3,(H,19,20). The summed E-state index contributed by atoms with van der Waals surface area (Å²) in [6.07, 6.45) is 2.79. The fraction of sp³-hybridized carbons (Fsp3) is 0.353. The van der Waals surface area contributed by atoms with Gasteiger partial charge in [0, 0.05) is 23.9 Å². The molecule has 0 aliphatic rings. The van der Waals surface area contributed by atoms with Gasteiger partial charge in [0.1, 0.15) is 11.4 Å². The molecule has 0 saturated heterocycles. The summed E-state index contributed by atoms with van der Waals surface area (Å²) in [5, 5.41) is 5.94. The molecule has 0 bridgehead atoms. The number of benzene rings is 1. The second-order valence-electron chi connectivity index (χ2n) is 6.03. The van der Waals surface area contributed by atoms with Crippen molar-refractivity contribution >= 4 is 17.5 Å². The van der Waals surface area contributed by atoms with Crippen LogP contribution in [0.3, 0.4) is 0 Å². The summed E-state index contributed by atoms with van der Waals surface area (Å²) in [4.78, 5) is 11.8. The third-order valence-corrected chi connectivity index (χ3v) is 2.91. The Hall–Kier alpha value is -2.63. The maximum absolute atomic E-state index is 11.8. The zero-order valence-electron chi connectivity index (χ0n) is 13.8. The first kappa shape index (κ1) is 16.7. The highest BCUT2D eigenvalue weighted by Gasteiger charge is 2.17. The molecule has 2 N–H and O–H groups in total. The monoisotopic (exact) mass is 318 g/mol. The summed E-state index contributed by atoms with van der Waals surface area (Å²) in [6.45, 7) is 6.07. The van der Waals surface area contributed by atoms with Crippen molar-refractivity contribution in [2.45, 2.75) is 32.9 Å². The van der Waals surface area contributed by atoms with Gasteiger partial charge in [0.05, 0.1) is 25.3 Å². The largest absolute Gasteiger partial charge is 0.494 e. The molecule has 2 rings (SSSR count). The van der Waals surface area contributed by atoms with Gasteiger partial charge in [-0.05, 0) is 39.0 Å². The van der Waals surface area contributed by atoms with Crippen LogP contribution in [0, 0.1) is 0 Å². The van der Waals surface area contributed by atoms with E-state index < -0.39 is 11.7 Å². The SMILES string of the molecule is COc1cc(NCc2ccoc2)ccc1NC(=O)OC(C)(C)C. The highest BCUT2D eigenvalue weighted by atomic mass is 16.6. The van der Waals surface area contributed by atoms with Crippen molar-refractivity contribution in [3.63, 3.8) is 0 Å². The van der Waals surface area contributed by atoms with Crippen LogP contribution >= 0.6 is 0 Å². The van der Waals surface area contributed by atoms with Crippen LogP contribution in [0.4, 0.5) is 16.2 Å². The number of carbonyl (C=O) groups excluding carboxylic acids is 1. The molecule has 0 aliphatic carbocycles. The third-order valence-electron chi connectivity index (χ3n) is 2.91. The van der Waals surface area contributed by atoms with Crippen LogP contribution in [0.1, 0.15) is 26.3 Å². The summed E-state index contributed by atoms with van der Waals surface area (Å²) in [6, 6.07) is 7.32. The summed E-state index contributed by atoms with van der Waals surface area (Å²) >= 11 is 0. The van der Waals surface area contributed by atoms with E-state index in [0.29, 0.717) is 18.0 Å². The van der Waals surface area contributed by atoms with Gasteiger partial charge in [-0.2, -0.15) is 0 Å². The first-order chi connectivity index (χ1) is 10.9. The van der Waals surface area contributed by atoms with Gasteiger partial charge in [0.2, 0.25) is 0 Å². The molecule has 0 fully saturated rings. The highest BCUT2D eigenvalue weighted by Crippen LogP contribution is 2.28. The van der Waals surface area contributed by atoms with Crippen LogP contribution in [-0.2, 0) is 11.3 Å². The van der Waals surface area contributed by atoms with Crippen LogP contribution in [0.25, 0.3) is 0 Å². The van der Waals surface area contributed by atoms with E-state index in [1.54, 1.807) is 25.7 Å². The van der Waals surface area contributed by atoms with E-state index in [4.69, 9.17) is 13.9 Å². The minimum atomic E-state index is -0.552. The van der Waals surface area contributed by atoms with Gasteiger partial charge < -0.3 is 19.2 Å². The Morgan fingerprint density at radius 2 is 2.04 bits per heavy atom. The zero-order chi connectivity index (χ0) is 16.9. The van der Waals surface area contributed by atoms with Gasteiger partial charge in [-0.1, -0.05) is 0 Å². The third kappa shape index (κ3) is 5.25. The molecule has 0 spiro atoms. The molecule has 6 nitrogen and oxygen atoms in total. The molecule has 1 amide bonds. The smallest absolute Gasteiger partial charge is 0.412 e. The Bertz CT molecular complexity index is 645. The zero-order valence-corrected chi connectivity index (χ0v) is 13.8. The normalized spacial score (nSPS) is 11.0. The number of hydrogen-bond donors (Lipinski definition) is 2. The lowest BCUT2D eigenvalue weighted by Crippen LogP contribution is -2.27. The minimum absolute atomic E-state index is 0.519. The number of furan rings is 1. The Balaban J connectivity index is 2.02. The summed E-state index contributed by atoms with van der Waals surface area (Å²) in [5.41, 5.74) is 1.91. The summed E-state index contributed by atoms with van der Waals surface area (Å²) in [7, 11) is 1.55. The molecular weight excluding hydrogens is 296 g/mol. The fourth-order valence-electron chi connectivity index (χ4n) is 1.92. The molecule has 1 aromatic heterocycles. The first-order valence-corrected chi connectivity index (χ1v) is 7.30. The molecule has 124 valence electrons. The van der Waals surface area contributed by atoms with Crippen molar-refractivity contribution in [2.24, 2.45) is 0 Å². The van der Waals surface area contributed by atoms with Gasteiger partial charge in [-0.15, -0.1) is 0 Å². The minimum Gasteiger partial charge on any atom is -0.494 e. The predicted octanol–water partition coefficient (Wildman–Crippen LogP) is 4.25. The van der Waals surface area contributed by atoms with Crippen molar-refractivity contribution < 1.29 is 18.7 Å². The molecule has 0 aliphatic heterocycles. The van der Waals surface area contributed by atoms with Crippen molar-refractivity contribution in [3.8, 4) is 5.75 Å². The van der Waals surface area contributed by atoms with E-state index in [9.17, 15) is 4.79 Å². The lowest BCUT2D eigenvalue weighted by atomic mass is 10.2. The van der Waals surface area contributed by atoms with Crippen LogP contribution in [-0.4, -0.2) is 18.8 Å². The number of ether oxygens (including phenoxy) is 2. The van der Waals surface area contributed by atoms with Crippen molar-refractivity contribution in [1.29, 1.82) is 0 Å². The molecule has 1 heterocycles. The highest BCUT2D eigenvalue weighted by molar-refractivity contribution is 5.87. The molecule has 0 saturated carbocycles. The lowest BCUT2D eigenvalue weighted by Gasteiger charge is -2.20. The quantitative estimate of drug-likeness (QED) is 0.862. The maximum Gasteiger partial charge on any atom is 0.412 e. The van der Waals surface area contributed by atoms with Crippen LogP contribution < -0.4 is 15.4 Å². The van der Waals surface area contributed by atoms with Gasteiger partial charge >= 0.3 is 6.09 Å². The van der Waals surface area contributed by atoms with Gasteiger partial charge in [0.25, 0.3) is 0 Å². The lowest BCUT2D eigenvalue weighted by molar-refractivity contribution is 0.0635. The summed E-state index contributed by atoms with van der Waals surface area (Å²) < 4.78 is 15.6. The number of rotatable bonds is 5. The van der Waals surface area contributed by atoms with Crippen molar-refractivity contribution in [1.82, 2.24) is 0 Å². The molecule has 1 aromatic carbocycles. The Labute approximate surface area is 135 Å². The van der Waals surface area contributed by atoms with Crippen molar-refractivity contribution in [3.05, 3.63) is 42.4 Å². The average Bonchev–Trinajstić information content (AvgIpc) is 2.97. The van der Waals surface area contributed by atoms with Crippen molar-refractivity contribution in [2.75, 3.05) is 17.7 Å². The van der Waals surface area contributed by atoms with E-state index in [-0.39, 0.29) is 0 Å². The molecular formula is C17H22N2O4. The summed E-state index contributed by atoms with van der Waals surface area (Å²) in [5.74, 6) is 0.549. The molecule has 0 atom stereocenters. The van der Waals surface area contributed by atoms with E-state index in [1.165, 1.54) is 0 Å². The molecule has 0 radical (unpaired) electrons. The number of carbonyl (C=O) groups is 1. The molecule has 2 aromatic rings. The Morgan fingerprint density at radius 1 is 1.26 bits per heavy atom. The Kier molecular flexibility index (Phi) is 5.16. The van der Waals surface area contributed by atoms with Crippen LogP contribution in [0.5, 0.6) is 5.75 Å². The second-order valence-corrected chi connectivity index (χ2v) is 6.03. The molecule has 6 heteroatoms. The van der Waals surface area contributed by atoms with Gasteiger partial charge in [-0.3, -0.25) is 5.32 Å². The number of amides is 1. The van der Waals surface area contributed by atoms with E-state index in [0.717, 1.165) is 11.3 Å². The van der Waals surface area contributed by atoms with Crippen LogP contribution in [0.15, 0.2) is 41.2 Å². The van der Waals surface area contributed by atoms with Gasteiger partial charge in [-0.25, -0.2) is 4.79 Å². The van der Waals surface area contributed by atoms with Gasteiger partial charge in [0.15, 0.2) is 0 Å². The van der Waals surface area contributed by atoms with E-state index in [1.807, 2.05) is 39.0 Å². The topological polar surface area (TPSA) is 72.7 Å². The second kappa shape index (κ2) is 7.09.